The lowest BCUT2D eigenvalue weighted by atomic mass is 9.90. The lowest BCUT2D eigenvalue weighted by Crippen LogP contribution is -2.21. The highest BCUT2D eigenvalue weighted by atomic mass is 16.5. The van der Waals surface area contributed by atoms with Crippen LogP contribution in [0.5, 0.6) is 5.75 Å². The molecule has 1 saturated carbocycles. The Hall–Kier alpha value is -1.51. The largest absolute Gasteiger partial charge is 0.494 e. The number of carboxylic acid groups (broad SMARTS) is 1. The Kier molecular flexibility index (Phi) is 2.86. The highest BCUT2D eigenvalue weighted by Crippen LogP contribution is 2.50. The Morgan fingerprint density at radius 1 is 1.35 bits per heavy atom. The molecule has 1 aliphatic rings. The Morgan fingerprint density at radius 3 is 2.47 bits per heavy atom. The van der Waals surface area contributed by atoms with Gasteiger partial charge in [0, 0.05) is 0 Å². The molecule has 0 amide bonds. The number of carbonyl (C=O) groups is 1. The predicted molar refractivity (Wildman–Crippen MR) is 65.6 cm³/mol. The molecule has 0 saturated heterocycles. The second-order valence-corrected chi connectivity index (χ2v) is 4.75. The summed E-state index contributed by atoms with van der Waals surface area (Å²) >= 11 is 0. The minimum atomic E-state index is -0.704. The molecule has 1 aromatic carbocycles. The molecule has 1 aliphatic carbocycles. The van der Waals surface area contributed by atoms with Gasteiger partial charge in [0.25, 0.3) is 0 Å². The van der Waals surface area contributed by atoms with Crippen LogP contribution in [0.3, 0.4) is 0 Å². The number of ether oxygens (including phenoxy) is 1. The molecule has 0 atom stereocenters. The van der Waals surface area contributed by atoms with Crippen molar-refractivity contribution in [2.45, 2.75) is 39.0 Å². The van der Waals surface area contributed by atoms with E-state index in [9.17, 15) is 9.90 Å². The topological polar surface area (TPSA) is 46.5 Å². The van der Waals surface area contributed by atoms with Gasteiger partial charge in [0.15, 0.2) is 0 Å². The van der Waals surface area contributed by atoms with Gasteiger partial charge in [-0.2, -0.15) is 0 Å². The molecule has 2 rings (SSSR count). The SMILES string of the molecule is CCOc1cc(C)c(C2(C(=O)O)CC2)cc1C. The molecule has 0 unspecified atom stereocenters. The van der Waals surface area contributed by atoms with Crippen molar-refractivity contribution in [3.8, 4) is 5.75 Å². The maximum atomic E-state index is 11.3. The van der Waals surface area contributed by atoms with E-state index in [2.05, 4.69) is 0 Å². The third kappa shape index (κ3) is 1.90. The molecule has 92 valence electrons. The van der Waals surface area contributed by atoms with Gasteiger partial charge >= 0.3 is 5.97 Å². The quantitative estimate of drug-likeness (QED) is 0.871. The highest BCUT2D eigenvalue weighted by Gasteiger charge is 2.52. The summed E-state index contributed by atoms with van der Waals surface area (Å²) in [6.45, 7) is 6.50. The van der Waals surface area contributed by atoms with Crippen molar-refractivity contribution in [1.82, 2.24) is 0 Å². The van der Waals surface area contributed by atoms with Crippen LogP contribution in [0.1, 0.15) is 36.5 Å². The van der Waals surface area contributed by atoms with Crippen molar-refractivity contribution in [2.24, 2.45) is 0 Å². The molecule has 3 nitrogen and oxygen atoms in total. The Morgan fingerprint density at radius 2 is 2.00 bits per heavy atom. The summed E-state index contributed by atoms with van der Waals surface area (Å²) < 4.78 is 5.52. The van der Waals surface area contributed by atoms with E-state index in [0.29, 0.717) is 6.61 Å². The van der Waals surface area contributed by atoms with Gasteiger partial charge < -0.3 is 9.84 Å². The fourth-order valence-corrected chi connectivity index (χ4v) is 2.34. The van der Waals surface area contributed by atoms with Gasteiger partial charge in [0.2, 0.25) is 0 Å². The summed E-state index contributed by atoms with van der Waals surface area (Å²) in [4.78, 5) is 11.3. The lowest BCUT2D eigenvalue weighted by molar-refractivity contribution is -0.140. The van der Waals surface area contributed by atoms with Crippen molar-refractivity contribution < 1.29 is 14.6 Å². The first-order valence-electron chi connectivity index (χ1n) is 5.99. The van der Waals surface area contributed by atoms with Crippen molar-refractivity contribution >= 4 is 5.97 Å². The molecular weight excluding hydrogens is 216 g/mol. The zero-order valence-corrected chi connectivity index (χ0v) is 10.5. The number of benzene rings is 1. The molecule has 0 aromatic heterocycles. The van der Waals surface area contributed by atoms with Gasteiger partial charge in [0.1, 0.15) is 5.75 Å². The van der Waals surface area contributed by atoms with Crippen LogP contribution in [0.4, 0.5) is 0 Å². The Labute approximate surface area is 101 Å². The summed E-state index contributed by atoms with van der Waals surface area (Å²) in [6.07, 6.45) is 1.49. The summed E-state index contributed by atoms with van der Waals surface area (Å²) in [5.74, 6) is 0.152. The number of carboxylic acids is 1. The number of aryl methyl sites for hydroxylation is 2. The van der Waals surface area contributed by atoms with Crippen LogP contribution in [0.2, 0.25) is 0 Å². The molecule has 3 heteroatoms. The van der Waals surface area contributed by atoms with Crippen LogP contribution in [-0.4, -0.2) is 17.7 Å². The molecule has 0 spiro atoms. The van der Waals surface area contributed by atoms with Gasteiger partial charge in [-0.05, 0) is 56.4 Å². The smallest absolute Gasteiger partial charge is 0.314 e. The van der Waals surface area contributed by atoms with E-state index in [0.717, 1.165) is 35.3 Å². The zero-order chi connectivity index (χ0) is 12.6. The van der Waals surface area contributed by atoms with E-state index in [-0.39, 0.29) is 0 Å². The van der Waals surface area contributed by atoms with Crippen LogP contribution in [0.25, 0.3) is 0 Å². The van der Waals surface area contributed by atoms with E-state index in [1.807, 2.05) is 32.9 Å². The first-order chi connectivity index (χ1) is 8.01. The maximum absolute atomic E-state index is 11.3. The Balaban J connectivity index is 2.44. The number of rotatable bonds is 4. The molecular formula is C14H18O3. The third-order valence-corrected chi connectivity index (χ3v) is 3.50. The van der Waals surface area contributed by atoms with Crippen LogP contribution >= 0.6 is 0 Å². The van der Waals surface area contributed by atoms with Crippen molar-refractivity contribution in [3.05, 3.63) is 28.8 Å². The van der Waals surface area contributed by atoms with Gasteiger partial charge in [-0.3, -0.25) is 4.79 Å². The number of aliphatic carboxylic acids is 1. The van der Waals surface area contributed by atoms with E-state index in [4.69, 9.17) is 4.74 Å². The van der Waals surface area contributed by atoms with Crippen LogP contribution in [0.15, 0.2) is 12.1 Å². The number of hydrogen-bond acceptors (Lipinski definition) is 2. The first-order valence-corrected chi connectivity index (χ1v) is 5.99. The summed E-state index contributed by atoms with van der Waals surface area (Å²) in [7, 11) is 0. The van der Waals surface area contributed by atoms with Crippen LogP contribution < -0.4 is 4.74 Å². The van der Waals surface area contributed by atoms with Gasteiger partial charge in [0.05, 0.1) is 12.0 Å². The molecule has 0 bridgehead atoms. The normalized spacial score (nSPS) is 16.6. The second-order valence-electron chi connectivity index (χ2n) is 4.75. The first kappa shape index (κ1) is 12.0. The standard InChI is InChI=1S/C14H18O3/c1-4-17-12-8-9(2)11(7-10(12)3)14(5-6-14)13(15)16/h7-8H,4-6H2,1-3H3,(H,15,16). The fourth-order valence-electron chi connectivity index (χ4n) is 2.34. The predicted octanol–water partition coefficient (Wildman–Crippen LogP) is 2.82. The van der Waals surface area contributed by atoms with Crippen LogP contribution in [0, 0.1) is 13.8 Å². The van der Waals surface area contributed by atoms with Gasteiger partial charge in [-0.15, -0.1) is 0 Å². The van der Waals surface area contributed by atoms with Gasteiger partial charge in [-0.25, -0.2) is 0 Å². The average Bonchev–Trinajstić information content (AvgIpc) is 3.04. The summed E-state index contributed by atoms with van der Waals surface area (Å²) in [5, 5.41) is 9.31. The van der Waals surface area contributed by atoms with Crippen molar-refractivity contribution in [2.75, 3.05) is 6.61 Å². The molecule has 0 radical (unpaired) electrons. The lowest BCUT2D eigenvalue weighted by Gasteiger charge is -2.17. The molecule has 0 heterocycles. The van der Waals surface area contributed by atoms with E-state index < -0.39 is 11.4 Å². The van der Waals surface area contributed by atoms with E-state index in [1.54, 1.807) is 0 Å². The minimum absolute atomic E-state index is 0.625. The summed E-state index contributed by atoms with van der Waals surface area (Å²) in [6, 6.07) is 3.93. The number of hydrogen-bond donors (Lipinski definition) is 1. The van der Waals surface area contributed by atoms with Gasteiger partial charge in [-0.1, -0.05) is 6.07 Å². The molecule has 17 heavy (non-hydrogen) atoms. The van der Waals surface area contributed by atoms with E-state index >= 15 is 0 Å². The summed E-state index contributed by atoms with van der Waals surface area (Å²) in [5.41, 5.74) is 2.35. The van der Waals surface area contributed by atoms with Crippen molar-refractivity contribution in [1.29, 1.82) is 0 Å². The second kappa shape index (κ2) is 4.06. The maximum Gasteiger partial charge on any atom is 0.314 e. The molecule has 1 N–H and O–H groups in total. The highest BCUT2D eigenvalue weighted by molar-refractivity contribution is 5.85. The van der Waals surface area contributed by atoms with E-state index in [1.165, 1.54) is 0 Å². The third-order valence-electron chi connectivity index (χ3n) is 3.50. The molecule has 1 fully saturated rings. The van der Waals surface area contributed by atoms with Crippen LogP contribution in [-0.2, 0) is 10.2 Å². The Bertz CT molecular complexity index is 459. The zero-order valence-electron chi connectivity index (χ0n) is 10.5. The monoisotopic (exact) mass is 234 g/mol. The minimum Gasteiger partial charge on any atom is -0.494 e. The molecule has 1 aromatic rings. The van der Waals surface area contributed by atoms with Crippen molar-refractivity contribution in [3.63, 3.8) is 0 Å². The average molecular weight is 234 g/mol. The molecule has 0 aliphatic heterocycles. The fraction of sp³-hybridized carbons (Fsp3) is 0.500.